The van der Waals surface area contributed by atoms with Crippen molar-refractivity contribution in [3.8, 4) is 5.75 Å². The van der Waals surface area contributed by atoms with Gasteiger partial charge in [-0.2, -0.15) is 0 Å². The number of ether oxygens (including phenoxy) is 1. The van der Waals surface area contributed by atoms with Gasteiger partial charge in [0.25, 0.3) is 0 Å². The fourth-order valence-corrected chi connectivity index (χ4v) is 1.39. The molecule has 4 heteroatoms. The van der Waals surface area contributed by atoms with Gasteiger partial charge in [-0.1, -0.05) is 17.7 Å². The van der Waals surface area contributed by atoms with Crippen molar-refractivity contribution in [1.29, 1.82) is 0 Å². The summed E-state index contributed by atoms with van der Waals surface area (Å²) in [5, 5.41) is 1.26. The number of halogens is 1. The second-order valence-electron chi connectivity index (χ2n) is 2.52. The zero-order valence-electron chi connectivity index (χ0n) is 6.99. The van der Waals surface area contributed by atoms with Crippen molar-refractivity contribution in [1.82, 2.24) is 9.97 Å². The molecule has 13 heavy (non-hydrogen) atoms. The van der Waals surface area contributed by atoms with Crippen LogP contribution in [0, 0.1) is 0 Å². The highest BCUT2D eigenvalue weighted by Crippen LogP contribution is 2.26. The van der Waals surface area contributed by atoms with E-state index in [1.807, 2.05) is 18.2 Å². The van der Waals surface area contributed by atoms with E-state index in [4.69, 9.17) is 16.3 Å². The highest BCUT2D eigenvalue weighted by Gasteiger charge is 2.04. The summed E-state index contributed by atoms with van der Waals surface area (Å²) in [7, 11) is 1.60. The third-order valence-electron chi connectivity index (χ3n) is 1.80. The Morgan fingerprint density at radius 1 is 1.31 bits per heavy atom. The van der Waals surface area contributed by atoms with Crippen molar-refractivity contribution in [3.05, 3.63) is 29.7 Å². The molecule has 0 fully saturated rings. The first kappa shape index (κ1) is 8.26. The van der Waals surface area contributed by atoms with E-state index in [1.54, 1.807) is 7.11 Å². The molecule has 66 valence electrons. The largest absolute Gasteiger partial charge is 0.494 e. The molecule has 0 N–H and O–H groups in total. The van der Waals surface area contributed by atoms with Gasteiger partial charge in [0.05, 0.1) is 7.11 Å². The maximum Gasteiger partial charge on any atom is 0.145 e. The number of para-hydroxylation sites is 1. The summed E-state index contributed by atoms with van der Waals surface area (Å²) in [5.74, 6) is 0.710. The van der Waals surface area contributed by atoms with Crippen LogP contribution in [0.3, 0.4) is 0 Å². The highest BCUT2D eigenvalue weighted by molar-refractivity contribution is 6.34. The quantitative estimate of drug-likeness (QED) is 0.654. The van der Waals surface area contributed by atoms with Crippen LogP contribution in [0.5, 0.6) is 5.75 Å². The Balaban J connectivity index is 2.84. The number of benzene rings is 1. The van der Waals surface area contributed by atoms with Gasteiger partial charge in [0, 0.05) is 5.39 Å². The summed E-state index contributed by atoms with van der Waals surface area (Å²) in [4.78, 5) is 7.97. The minimum atomic E-state index is 0.448. The lowest BCUT2D eigenvalue weighted by atomic mass is 10.2. The van der Waals surface area contributed by atoms with Crippen molar-refractivity contribution in [2.75, 3.05) is 7.11 Å². The Kier molecular flexibility index (Phi) is 2.02. The lowest BCUT2D eigenvalue weighted by Crippen LogP contribution is -1.88. The van der Waals surface area contributed by atoms with Crippen LogP contribution in [0.1, 0.15) is 0 Å². The molecule has 2 aromatic rings. The third kappa shape index (κ3) is 1.31. The molecule has 0 saturated heterocycles. The molecule has 3 nitrogen and oxygen atoms in total. The van der Waals surface area contributed by atoms with E-state index in [0.717, 1.165) is 10.9 Å². The Labute approximate surface area is 80.3 Å². The molecule has 0 spiro atoms. The number of fused-ring (bicyclic) bond motifs is 1. The summed E-state index contributed by atoms with van der Waals surface area (Å²) >= 11 is 5.88. The van der Waals surface area contributed by atoms with Crippen molar-refractivity contribution < 1.29 is 4.74 Å². The van der Waals surface area contributed by atoms with Crippen LogP contribution in [-0.2, 0) is 0 Å². The van der Waals surface area contributed by atoms with Gasteiger partial charge in [0.2, 0.25) is 0 Å². The first-order valence-electron chi connectivity index (χ1n) is 3.76. The number of hydrogen-bond acceptors (Lipinski definition) is 3. The van der Waals surface area contributed by atoms with E-state index >= 15 is 0 Å². The molecule has 0 atom stereocenters. The van der Waals surface area contributed by atoms with Gasteiger partial charge in [-0.25, -0.2) is 9.97 Å². The standard InChI is InChI=1S/C9H7ClN2O/c1-13-7-4-2-3-6-8(7)11-5-12-9(6)10/h2-5H,1H3. The van der Waals surface area contributed by atoms with E-state index in [0.29, 0.717) is 10.9 Å². The van der Waals surface area contributed by atoms with Crippen LogP contribution in [0.15, 0.2) is 24.5 Å². The van der Waals surface area contributed by atoms with Gasteiger partial charge in [-0.05, 0) is 12.1 Å². The van der Waals surface area contributed by atoms with Crippen LogP contribution in [-0.4, -0.2) is 17.1 Å². The van der Waals surface area contributed by atoms with Gasteiger partial charge in [0.15, 0.2) is 0 Å². The van der Waals surface area contributed by atoms with Crippen molar-refractivity contribution in [2.24, 2.45) is 0 Å². The fraction of sp³-hybridized carbons (Fsp3) is 0.111. The summed E-state index contributed by atoms with van der Waals surface area (Å²) in [6, 6.07) is 5.56. The Bertz CT molecular complexity index is 445. The molecule has 0 aliphatic heterocycles. The molecule has 0 aliphatic rings. The van der Waals surface area contributed by atoms with Crippen LogP contribution < -0.4 is 4.74 Å². The maximum absolute atomic E-state index is 5.88. The second kappa shape index (κ2) is 3.18. The number of methoxy groups -OCH3 is 1. The topological polar surface area (TPSA) is 35.0 Å². The second-order valence-corrected chi connectivity index (χ2v) is 2.88. The van der Waals surface area contributed by atoms with Crippen LogP contribution in [0.25, 0.3) is 10.9 Å². The SMILES string of the molecule is COc1cccc2c(Cl)ncnc12. The molecule has 1 aromatic heterocycles. The molecule has 0 radical (unpaired) electrons. The van der Waals surface area contributed by atoms with Gasteiger partial charge in [-0.15, -0.1) is 0 Å². The van der Waals surface area contributed by atoms with E-state index in [9.17, 15) is 0 Å². The van der Waals surface area contributed by atoms with Crippen LogP contribution in [0.2, 0.25) is 5.15 Å². The van der Waals surface area contributed by atoms with E-state index in [1.165, 1.54) is 6.33 Å². The molecule has 0 aliphatic carbocycles. The van der Waals surface area contributed by atoms with Gasteiger partial charge < -0.3 is 4.74 Å². The molecule has 1 aromatic carbocycles. The predicted octanol–water partition coefficient (Wildman–Crippen LogP) is 2.29. The van der Waals surface area contributed by atoms with Gasteiger partial charge in [0.1, 0.15) is 22.7 Å². The summed E-state index contributed by atoms with van der Waals surface area (Å²) in [6.07, 6.45) is 1.42. The van der Waals surface area contributed by atoms with E-state index in [2.05, 4.69) is 9.97 Å². The average Bonchev–Trinajstić information content (AvgIpc) is 2.18. The number of rotatable bonds is 1. The third-order valence-corrected chi connectivity index (χ3v) is 2.10. The normalized spacial score (nSPS) is 10.3. The molecule has 1 heterocycles. The minimum Gasteiger partial charge on any atom is -0.494 e. The first-order valence-corrected chi connectivity index (χ1v) is 4.14. The van der Waals surface area contributed by atoms with E-state index in [-0.39, 0.29) is 0 Å². The van der Waals surface area contributed by atoms with Gasteiger partial charge in [-0.3, -0.25) is 0 Å². The Morgan fingerprint density at radius 3 is 2.92 bits per heavy atom. The van der Waals surface area contributed by atoms with Crippen LogP contribution >= 0.6 is 11.6 Å². The van der Waals surface area contributed by atoms with Gasteiger partial charge >= 0.3 is 0 Å². The highest BCUT2D eigenvalue weighted by atomic mass is 35.5. The minimum absolute atomic E-state index is 0.448. The zero-order chi connectivity index (χ0) is 9.26. The zero-order valence-corrected chi connectivity index (χ0v) is 7.75. The average molecular weight is 195 g/mol. The van der Waals surface area contributed by atoms with Crippen LogP contribution in [0.4, 0.5) is 0 Å². The molecule has 0 bridgehead atoms. The maximum atomic E-state index is 5.88. The fourth-order valence-electron chi connectivity index (χ4n) is 1.19. The van der Waals surface area contributed by atoms with Crippen molar-refractivity contribution in [3.63, 3.8) is 0 Å². The number of nitrogens with zero attached hydrogens (tertiary/aromatic N) is 2. The monoisotopic (exact) mass is 194 g/mol. The molecular formula is C9H7ClN2O. The predicted molar refractivity (Wildman–Crippen MR) is 51.1 cm³/mol. The summed E-state index contributed by atoms with van der Waals surface area (Å²) in [6.45, 7) is 0. The molecular weight excluding hydrogens is 188 g/mol. The Hall–Kier alpha value is -1.35. The molecule has 0 saturated carbocycles. The van der Waals surface area contributed by atoms with Crippen molar-refractivity contribution in [2.45, 2.75) is 0 Å². The molecule has 0 amide bonds. The molecule has 0 unspecified atom stereocenters. The first-order chi connectivity index (χ1) is 6.33. The summed E-state index contributed by atoms with van der Waals surface area (Å²) < 4.78 is 5.13. The number of aromatic nitrogens is 2. The van der Waals surface area contributed by atoms with E-state index < -0.39 is 0 Å². The summed E-state index contributed by atoms with van der Waals surface area (Å²) in [5.41, 5.74) is 0.741. The lowest BCUT2D eigenvalue weighted by molar-refractivity contribution is 0.419. The lowest BCUT2D eigenvalue weighted by Gasteiger charge is -2.03. The Morgan fingerprint density at radius 2 is 2.15 bits per heavy atom. The number of hydrogen-bond donors (Lipinski definition) is 0. The smallest absolute Gasteiger partial charge is 0.145 e. The molecule has 2 rings (SSSR count). The van der Waals surface area contributed by atoms with Crippen molar-refractivity contribution >= 4 is 22.5 Å².